The minimum Gasteiger partial charge on any atom is -0.497 e. The number of hydrogen-bond acceptors (Lipinski definition) is 2. The average Bonchev–Trinajstić information content (AvgIpc) is 2.03. The third kappa shape index (κ3) is 1.72. The minimum atomic E-state index is -0.459. The van der Waals surface area contributed by atoms with E-state index in [4.69, 9.17) is 15.9 Å². The molecule has 0 aliphatic heterocycles. The summed E-state index contributed by atoms with van der Waals surface area (Å²) in [5, 5.41) is 7.06. The number of nitrogen functional groups attached to an aromatic ring is 1. The van der Waals surface area contributed by atoms with Gasteiger partial charge in [0.15, 0.2) is 0 Å². The molecule has 0 saturated carbocycles. The summed E-state index contributed by atoms with van der Waals surface area (Å²) in [4.78, 5) is 0. The number of nitrogens with two attached hydrogens (primary N) is 1. The van der Waals surface area contributed by atoms with Crippen molar-refractivity contribution in [1.82, 2.24) is 0 Å². The van der Waals surface area contributed by atoms with Crippen molar-refractivity contribution in [3.05, 3.63) is 29.6 Å². The van der Waals surface area contributed by atoms with Gasteiger partial charge >= 0.3 is 0 Å². The van der Waals surface area contributed by atoms with Crippen LogP contribution in [0.3, 0.4) is 0 Å². The molecule has 0 radical (unpaired) electrons. The van der Waals surface area contributed by atoms with Crippen molar-refractivity contribution in [3.8, 4) is 5.75 Å². The largest absolute Gasteiger partial charge is 0.497 e. The van der Waals surface area contributed by atoms with Crippen molar-refractivity contribution < 1.29 is 9.13 Å². The minimum absolute atomic E-state index is 0.173. The van der Waals surface area contributed by atoms with Gasteiger partial charge in [-0.05, 0) is 12.1 Å². The van der Waals surface area contributed by atoms with E-state index in [1.807, 2.05) is 0 Å². The van der Waals surface area contributed by atoms with Crippen molar-refractivity contribution in [3.63, 3.8) is 0 Å². The Morgan fingerprint density at radius 3 is 2.67 bits per heavy atom. The molecule has 0 spiro atoms. The van der Waals surface area contributed by atoms with Crippen molar-refractivity contribution in [2.24, 2.45) is 5.73 Å². The van der Waals surface area contributed by atoms with Crippen LogP contribution in [0.15, 0.2) is 18.2 Å². The van der Waals surface area contributed by atoms with Gasteiger partial charge in [0.05, 0.1) is 7.11 Å². The van der Waals surface area contributed by atoms with Gasteiger partial charge in [-0.25, -0.2) is 4.39 Å². The maximum Gasteiger partial charge on any atom is 0.127 e. The van der Waals surface area contributed by atoms with Crippen molar-refractivity contribution in [2.45, 2.75) is 0 Å². The highest BCUT2D eigenvalue weighted by molar-refractivity contribution is 5.95. The molecular formula is C8H9FN2O. The van der Waals surface area contributed by atoms with E-state index in [1.165, 1.54) is 25.3 Å². The zero-order chi connectivity index (χ0) is 9.14. The summed E-state index contributed by atoms with van der Waals surface area (Å²) >= 11 is 0. The number of amidine groups is 1. The molecule has 1 aromatic rings. The summed E-state index contributed by atoms with van der Waals surface area (Å²) in [6.45, 7) is 0. The van der Waals surface area contributed by atoms with Crippen LogP contribution >= 0.6 is 0 Å². The lowest BCUT2D eigenvalue weighted by Gasteiger charge is -2.02. The van der Waals surface area contributed by atoms with Gasteiger partial charge in [-0.2, -0.15) is 0 Å². The van der Waals surface area contributed by atoms with Crippen molar-refractivity contribution in [2.75, 3.05) is 7.11 Å². The molecule has 0 saturated heterocycles. The van der Waals surface area contributed by atoms with Gasteiger partial charge < -0.3 is 10.5 Å². The highest BCUT2D eigenvalue weighted by atomic mass is 19.1. The lowest BCUT2D eigenvalue weighted by Crippen LogP contribution is -2.11. The summed E-state index contributed by atoms with van der Waals surface area (Å²) < 4.78 is 17.5. The first-order chi connectivity index (χ1) is 5.63. The van der Waals surface area contributed by atoms with E-state index < -0.39 is 5.82 Å². The summed E-state index contributed by atoms with van der Waals surface area (Å²) in [5.41, 5.74) is 5.49. The number of hydrogen-bond donors (Lipinski definition) is 2. The normalized spacial score (nSPS) is 9.50. The Morgan fingerprint density at radius 1 is 1.50 bits per heavy atom. The second-order valence-corrected chi connectivity index (χ2v) is 2.29. The highest BCUT2D eigenvalue weighted by Gasteiger charge is 2.02. The van der Waals surface area contributed by atoms with Gasteiger partial charge in [-0.3, -0.25) is 5.41 Å². The predicted octanol–water partition coefficient (Wildman–Crippen LogP) is 1.12. The SMILES string of the molecule is COc1cc(F)cc(C(=N)N)c1. The van der Waals surface area contributed by atoms with E-state index in [0.717, 1.165) is 0 Å². The molecule has 0 amide bonds. The molecule has 3 N–H and O–H groups in total. The van der Waals surface area contributed by atoms with Crippen molar-refractivity contribution >= 4 is 5.84 Å². The number of rotatable bonds is 2. The number of benzene rings is 1. The second-order valence-electron chi connectivity index (χ2n) is 2.29. The quantitative estimate of drug-likeness (QED) is 0.513. The molecule has 0 bridgehead atoms. The molecule has 0 aliphatic rings. The van der Waals surface area contributed by atoms with Gasteiger partial charge in [-0.1, -0.05) is 0 Å². The lowest BCUT2D eigenvalue weighted by atomic mass is 10.2. The Kier molecular flexibility index (Phi) is 2.28. The predicted molar refractivity (Wildman–Crippen MR) is 44.0 cm³/mol. The van der Waals surface area contributed by atoms with E-state index in [-0.39, 0.29) is 5.84 Å². The molecule has 1 aromatic carbocycles. The molecule has 0 aromatic heterocycles. The zero-order valence-corrected chi connectivity index (χ0v) is 6.60. The summed E-state index contributed by atoms with van der Waals surface area (Å²) in [6.07, 6.45) is 0. The lowest BCUT2D eigenvalue weighted by molar-refractivity contribution is 0.411. The average molecular weight is 168 g/mol. The Bertz CT molecular complexity index is 312. The van der Waals surface area contributed by atoms with Gasteiger partial charge in [0.2, 0.25) is 0 Å². The summed E-state index contributed by atoms with van der Waals surface area (Å²) in [6, 6.07) is 3.92. The number of nitrogens with one attached hydrogen (secondary N) is 1. The standard InChI is InChI=1S/C8H9FN2O/c1-12-7-3-5(8(10)11)2-6(9)4-7/h2-4H,1H3,(H3,10,11). The Labute approximate surface area is 69.5 Å². The topological polar surface area (TPSA) is 59.1 Å². The monoisotopic (exact) mass is 168 g/mol. The van der Waals surface area contributed by atoms with Crippen molar-refractivity contribution in [1.29, 1.82) is 5.41 Å². The van der Waals surface area contributed by atoms with E-state index in [1.54, 1.807) is 0 Å². The fourth-order valence-electron chi connectivity index (χ4n) is 0.836. The molecule has 1 rings (SSSR count). The molecule has 0 atom stereocenters. The van der Waals surface area contributed by atoms with Gasteiger partial charge in [0.25, 0.3) is 0 Å². The highest BCUT2D eigenvalue weighted by Crippen LogP contribution is 2.15. The molecule has 3 nitrogen and oxygen atoms in total. The third-order valence-electron chi connectivity index (χ3n) is 1.42. The third-order valence-corrected chi connectivity index (χ3v) is 1.42. The molecule has 4 heteroatoms. The van der Waals surface area contributed by atoms with E-state index in [2.05, 4.69) is 0 Å². The number of halogens is 1. The smallest absolute Gasteiger partial charge is 0.127 e. The molecule has 0 aliphatic carbocycles. The fraction of sp³-hybridized carbons (Fsp3) is 0.125. The Balaban J connectivity index is 3.15. The van der Waals surface area contributed by atoms with Gasteiger partial charge in [0.1, 0.15) is 17.4 Å². The first-order valence-electron chi connectivity index (χ1n) is 3.32. The van der Waals surface area contributed by atoms with Crippen LogP contribution in [-0.4, -0.2) is 12.9 Å². The van der Waals surface area contributed by atoms with Crippen LogP contribution in [0.2, 0.25) is 0 Å². The number of ether oxygens (including phenoxy) is 1. The van der Waals surface area contributed by atoms with Crippen LogP contribution in [0, 0.1) is 11.2 Å². The van der Waals surface area contributed by atoms with Crippen LogP contribution in [0.5, 0.6) is 5.75 Å². The second kappa shape index (κ2) is 3.21. The van der Waals surface area contributed by atoms with E-state index in [0.29, 0.717) is 11.3 Å². The van der Waals surface area contributed by atoms with E-state index >= 15 is 0 Å². The molecule has 12 heavy (non-hydrogen) atoms. The Morgan fingerprint density at radius 2 is 2.17 bits per heavy atom. The maximum atomic E-state index is 12.7. The molecular weight excluding hydrogens is 159 g/mol. The van der Waals surface area contributed by atoms with Crippen LogP contribution in [0.4, 0.5) is 4.39 Å². The van der Waals surface area contributed by atoms with E-state index in [9.17, 15) is 4.39 Å². The Hall–Kier alpha value is -1.58. The summed E-state index contributed by atoms with van der Waals surface area (Å²) in [7, 11) is 1.43. The summed E-state index contributed by atoms with van der Waals surface area (Å²) in [5.74, 6) is -0.271. The van der Waals surface area contributed by atoms with Gasteiger partial charge in [0, 0.05) is 11.6 Å². The number of methoxy groups -OCH3 is 1. The maximum absolute atomic E-state index is 12.7. The van der Waals surface area contributed by atoms with Crippen LogP contribution < -0.4 is 10.5 Å². The molecule has 0 heterocycles. The molecule has 64 valence electrons. The van der Waals surface area contributed by atoms with Crippen LogP contribution in [0.1, 0.15) is 5.56 Å². The molecule has 0 unspecified atom stereocenters. The fourth-order valence-corrected chi connectivity index (χ4v) is 0.836. The first-order valence-corrected chi connectivity index (χ1v) is 3.32. The van der Waals surface area contributed by atoms with Gasteiger partial charge in [-0.15, -0.1) is 0 Å². The first kappa shape index (κ1) is 8.52. The van der Waals surface area contributed by atoms with Crippen LogP contribution in [-0.2, 0) is 0 Å². The zero-order valence-electron chi connectivity index (χ0n) is 6.60. The molecule has 0 fully saturated rings. The van der Waals surface area contributed by atoms with Crippen LogP contribution in [0.25, 0.3) is 0 Å².